The standard InChI is InChI=1S/C50H95NO13/c1-3-5-7-9-11-12-13-14-15-16-17-18-19-20-21-22-23-24-25-26-28-29-31-33-39(54)38(51-42(55)34-32-30-27-10-8-6-4-2)37-61-49-47(60)45(58)48(41(36-53)63-49)64-50-46(59)44(57)43(56)40(35-52)62-50/h31,33,38-41,43-50,52-54,56-60H,3-30,32,34-37H2,1-2H3,(H,51,55)/b33-31+. The first-order valence-corrected chi connectivity index (χ1v) is 25.9. The maximum absolute atomic E-state index is 13.0. The van der Waals surface area contributed by atoms with Crippen LogP contribution in [0.3, 0.4) is 0 Å². The van der Waals surface area contributed by atoms with Crippen molar-refractivity contribution in [2.24, 2.45) is 0 Å². The summed E-state index contributed by atoms with van der Waals surface area (Å²) in [6, 6.07) is -0.906. The topological polar surface area (TPSA) is 228 Å². The lowest BCUT2D eigenvalue weighted by Gasteiger charge is -2.46. The number of carbonyl (C=O) groups is 1. The summed E-state index contributed by atoms with van der Waals surface area (Å²) in [6.07, 6.45) is 22.9. The van der Waals surface area contributed by atoms with Gasteiger partial charge < -0.3 is 65.1 Å². The Balaban J connectivity index is 1.74. The smallest absolute Gasteiger partial charge is 0.220 e. The first-order chi connectivity index (χ1) is 31.1. The summed E-state index contributed by atoms with van der Waals surface area (Å²) >= 11 is 0. The Bertz CT molecular complexity index is 1130. The van der Waals surface area contributed by atoms with Crippen LogP contribution in [0.25, 0.3) is 0 Å². The van der Waals surface area contributed by atoms with E-state index < -0.39 is 86.8 Å². The predicted octanol–water partition coefficient (Wildman–Crippen LogP) is 6.77. The molecule has 0 aromatic heterocycles. The van der Waals surface area contributed by atoms with Gasteiger partial charge in [0.1, 0.15) is 48.8 Å². The summed E-state index contributed by atoms with van der Waals surface area (Å²) in [6.45, 7) is 2.74. The van der Waals surface area contributed by atoms with Gasteiger partial charge in [-0.15, -0.1) is 0 Å². The van der Waals surface area contributed by atoms with Crippen molar-refractivity contribution in [1.29, 1.82) is 0 Å². The quantitative estimate of drug-likeness (QED) is 0.0229. The molecule has 14 heteroatoms. The van der Waals surface area contributed by atoms with E-state index in [9.17, 15) is 45.6 Å². The zero-order valence-electron chi connectivity index (χ0n) is 40.0. The first kappa shape index (κ1) is 58.9. The monoisotopic (exact) mass is 918 g/mol. The van der Waals surface area contributed by atoms with Crippen molar-refractivity contribution in [3.05, 3.63) is 12.2 Å². The molecule has 2 aliphatic rings. The van der Waals surface area contributed by atoms with E-state index in [1.54, 1.807) is 6.08 Å². The third-order valence-electron chi connectivity index (χ3n) is 13.0. The molecule has 0 radical (unpaired) electrons. The number of nitrogens with one attached hydrogen (secondary N) is 1. The molecule has 12 unspecified atom stereocenters. The van der Waals surface area contributed by atoms with Gasteiger partial charge in [0.25, 0.3) is 0 Å². The number of carbonyl (C=O) groups excluding carboxylic acids is 1. The third-order valence-corrected chi connectivity index (χ3v) is 13.0. The van der Waals surface area contributed by atoms with Crippen molar-refractivity contribution >= 4 is 5.91 Å². The Hall–Kier alpha value is -1.27. The zero-order chi connectivity index (χ0) is 46.8. The van der Waals surface area contributed by atoms with E-state index in [0.717, 1.165) is 38.5 Å². The van der Waals surface area contributed by atoms with Crippen molar-refractivity contribution in [3.8, 4) is 0 Å². The Kier molecular flexibility index (Phi) is 34.7. The van der Waals surface area contributed by atoms with Gasteiger partial charge in [0.15, 0.2) is 12.6 Å². The molecular weight excluding hydrogens is 823 g/mol. The number of hydrogen-bond acceptors (Lipinski definition) is 13. The number of rotatable bonds is 40. The minimum atomic E-state index is -1.78. The van der Waals surface area contributed by atoms with Gasteiger partial charge in [0.05, 0.1) is 32.0 Å². The molecule has 2 saturated heterocycles. The van der Waals surface area contributed by atoms with Gasteiger partial charge in [-0.3, -0.25) is 4.79 Å². The molecule has 0 spiro atoms. The van der Waals surface area contributed by atoms with E-state index in [1.165, 1.54) is 141 Å². The number of amides is 1. The summed E-state index contributed by atoms with van der Waals surface area (Å²) in [5, 5.41) is 86.5. The predicted molar refractivity (Wildman–Crippen MR) is 249 cm³/mol. The lowest BCUT2D eigenvalue weighted by Crippen LogP contribution is -2.65. The maximum Gasteiger partial charge on any atom is 0.220 e. The van der Waals surface area contributed by atoms with E-state index in [0.29, 0.717) is 6.42 Å². The van der Waals surface area contributed by atoms with Crippen LogP contribution in [0.1, 0.15) is 206 Å². The van der Waals surface area contributed by atoms with Gasteiger partial charge >= 0.3 is 0 Å². The number of ether oxygens (including phenoxy) is 4. The molecule has 0 saturated carbocycles. The molecule has 0 aromatic carbocycles. The molecule has 9 N–H and O–H groups in total. The highest BCUT2D eigenvalue weighted by Gasteiger charge is 2.51. The van der Waals surface area contributed by atoms with Crippen LogP contribution in [0.15, 0.2) is 12.2 Å². The zero-order valence-corrected chi connectivity index (χ0v) is 40.0. The highest BCUT2D eigenvalue weighted by Crippen LogP contribution is 2.30. The summed E-state index contributed by atoms with van der Waals surface area (Å²) in [7, 11) is 0. The number of aliphatic hydroxyl groups excluding tert-OH is 8. The normalized spacial score (nSPS) is 27.3. The number of aliphatic hydroxyl groups is 8. The van der Waals surface area contributed by atoms with Gasteiger partial charge in [0.2, 0.25) is 5.91 Å². The van der Waals surface area contributed by atoms with E-state index >= 15 is 0 Å². The molecule has 0 bridgehead atoms. The molecule has 64 heavy (non-hydrogen) atoms. The van der Waals surface area contributed by atoms with Crippen molar-refractivity contribution in [3.63, 3.8) is 0 Å². The molecule has 2 aliphatic heterocycles. The van der Waals surface area contributed by atoms with Crippen molar-refractivity contribution in [2.45, 2.75) is 280 Å². The average molecular weight is 918 g/mol. The lowest BCUT2D eigenvalue weighted by atomic mass is 9.97. The largest absolute Gasteiger partial charge is 0.394 e. The first-order valence-electron chi connectivity index (χ1n) is 25.9. The van der Waals surface area contributed by atoms with Crippen LogP contribution in [0.4, 0.5) is 0 Å². The van der Waals surface area contributed by atoms with E-state index in [-0.39, 0.29) is 18.9 Å². The van der Waals surface area contributed by atoms with Gasteiger partial charge in [-0.1, -0.05) is 193 Å². The van der Waals surface area contributed by atoms with Gasteiger partial charge in [-0.2, -0.15) is 0 Å². The summed E-state index contributed by atoms with van der Waals surface area (Å²) in [5.74, 6) is -0.245. The fourth-order valence-electron chi connectivity index (χ4n) is 8.70. The fourth-order valence-corrected chi connectivity index (χ4v) is 8.70. The molecule has 0 aliphatic carbocycles. The van der Waals surface area contributed by atoms with Crippen molar-refractivity contribution in [2.75, 3.05) is 19.8 Å². The Morgan fingerprint density at radius 2 is 0.969 bits per heavy atom. The molecule has 1 amide bonds. The van der Waals surface area contributed by atoms with Crippen LogP contribution < -0.4 is 5.32 Å². The van der Waals surface area contributed by atoms with Crippen LogP contribution >= 0.6 is 0 Å². The average Bonchev–Trinajstić information content (AvgIpc) is 3.29. The minimum Gasteiger partial charge on any atom is -0.394 e. The Morgan fingerprint density at radius 3 is 1.44 bits per heavy atom. The van der Waals surface area contributed by atoms with Crippen LogP contribution in [-0.4, -0.2) is 140 Å². The molecule has 2 rings (SSSR count). The molecule has 2 heterocycles. The highest BCUT2D eigenvalue weighted by molar-refractivity contribution is 5.76. The third kappa shape index (κ3) is 24.7. The lowest BCUT2D eigenvalue weighted by molar-refractivity contribution is -0.359. The fraction of sp³-hybridized carbons (Fsp3) is 0.940. The van der Waals surface area contributed by atoms with Gasteiger partial charge in [-0.05, 0) is 19.3 Å². The summed E-state index contributed by atoms with van der Waals surface area (Å²) in [5.41, 5.74) is 0. The van der Waals surface area contributed by atoms with Crippen LogP contribution in [0.2, 0.25) is 0 Å². The molecule has 2 fully saturated rings. The molecule has 12 atom stereocenters. The van der Waals surface area contributed by atoms with Gasteiger partial charge in [-0.25, -0.2) is 0 Å². The van der Waals surface area contributed by atoms with E-state index in [1.807, 2.05) is 6.08 Å². The van der Waals surface area contributed by atoms with Crippen molar-refractivity contribution in [1.82, 2.24) is 5.32 Å². The summed E-state index contributed by atoms with van der Waals surface area (Å²) < 4.78 is 22.6. The number of hydrogen-bond donors (Lipinski definition) is 9. The maximum atomic E-state index is 13.0. The molecule has 378 valence electrons. The SMILES string of the molecule is CCCCCCCCCCCCCCCCCCCCCCC/C=C/C(O)C(COC1OC(CO)C(OC2OC(CO)C(O)C(O)C2O)C(O)C1O)NC(=O)CCCCCCCCC. The van der Waals surface area contributed by atoms with Gasteiger partial charge in [0, 0.05) is 6.42 Å². The Morgan fingerprint density at radius 1 is 0.547 bits per heavy atom. The molecular formula is C50H95NO13. The minimum absolute atomic E-state index is 0.245. The molecule has 0 aromatic rings. The van der Waals surface area contributed by atoms with E-state index in [2.05, 4.69) is 19.2 Å². The second kappa shape index (κ2) is 37.7. The molecule has 14 nitrogen and oxygen atoms in total. The highest BCUT2D eigenvalue weighted by atomic mass is 16.7. The van der Waals surface area contributed by atoms with E-state index in [4.69, 9.17) is 18.9 Å². The second-order valence-electron chi connectivity index (χ2n) is 18.7. The Labute approximate surface area is 386 Å². The van der Waals surface area contributed by atoms with Crippen LogP contribution in [-0.2, 0) is 23.7 Å². The number of unbranched alkanes of at least 4 members (excludes halogenated alkanes) is 27. The number of allylic oxidation sites excluding steroid dienone is 1. The second-order valence-corrected chi connectivity index (χ2v) is 18.7. The van der Waals surface area contributed by atoms with Crippen molar-refractivity contribution < 1.29 is 64.6 Å². The van der Waals surface area contributed by atoms with Crippen LogP contribution in [0, 0.1) is 0 Å². The van der Waals surface area contributed by atoms with Crippen LogP contribution in [0.5, 0.6) is 0 Å². The summed E-state index contributed by atoms with van der Waals surface area (Å²) in [4.78, 5) is 13.0.